The van der Waals surface area contributed by atoms with Crippen LogP contribution in [0.15, 0.2) is 22.9 Å². The summed E-state index contributed by atoms with van der Waals surface area (Å²) < 4.78 is 1.07. The van der Waals surface area contributed by atoms with E-state index in [-0.39, 0.29) is 0 Å². The highest BCUT2D eigenvalue weighted by Gasteiger charge is 2.21. The molecule has 2 nitrogen and oxygen atoms in total. The van der Waals surface area contributed by atoms with Gasteiger partial charge in [0, 0.05) is 23.8 Å². The van der Waals surface area contributed by atoms with Gasteiger partial charge in [-0.25, -0.2) is 0 Å². The number of aromatic nitrogens is 1. The Morgan fingerprint density at radius 2 is 2.40 bits per heavy atom. The second-order valence-electron chi connectivity index (χ2n) is 4.25. The van der Waals surface area contributed by atoms with Crippen molar-refractivity contribution in [2.75, 3.05) is 18.0 Å². The fourth-order valence-electron chi connectivity index (χ4n) is 2.28. The molecule has 0 bridgehead atoms. The highest BCUT2D eigenvalue weighted by molar-refractivity contribution is 9.10. The van der Waals surface area contributed by atoms with E-state index in [1.165, 1.54) is 38.0 Å². The van der Waals surface area contributed by atoms with Gasteiger partial charge in [-0.1, -0.05) is 13.3 Å². The van der Waals surface area contributed by atoms with Crippen molar-refractivity contribution in [3.63, 3.8) is 0 Å². The van der Waals surface area contributed by atoms with E-state index in [9.17, 15) is 0 Å². The molecular formula is C12H17BrN2. The molecule has 0 aromatic carbocycles. The van der Waals surface area contributed by atoms with Gasteiger partial charge in [0.2, 0.25) is 0 Å². The van der Waals surface area contributed by atoms with Crippen LogP contribution in [0.3, 0.4) is 0 Å². The van der Waals surface area contributed by atoms with Gasteiger partial charge in [0.25, 0.3) is 0 Å². The van der Waals surface area contributed by atoms with Gasteiger partial charge in [-0.15, -0.1) is 0 Å². The van der Waals surface area contributed by atoms with E-state index in [2.05, 4.69) is 38.8 Å². The molecule has 1 aromatic heterocycles. The van der Waals surface area contributed by atoms with Crippen LogP contribution in [-0.4, -0.2) is 18.1 Å². The number of hydrogen-bond donors (Lipinski definition) is 0. The zero-order valence-electron chi connectivity index (χ0n) is 9.12. The van der Waals surface area contributed by atoms with Crippen molar-refractivity contribution in [1.29, 1.82) is 0 Å². The number of rotatable bonds is 3. The molecule has 1 aliphatic heterocycles. The zero-order valence-corrected chi connectivity index (χ0v) is 10.7. The maximum absolute atomic E-state index is 4.21. The van der Waals surface area contributed by atoms with Crippen molar-refractivity contribution in [2.24, 2.45) is 5.92 Å². The first-order valence-electron chi connectivity index (χ1n) is 5.65. The Morgan fingerprint density at radius 1 is 1.53 bits per heavy atom. The van der Waals surface area contributed by atoms with Crippen molar-refractivity contribution in [3.8, 4) is 0 Å². The summed E-state index contributed by atoms with van der Waals surface area (Å²) in [5, 5.41) is 0. The fourth-order valence-corrected chi connectivity index (χ4v) is 2.64. The van der Waals surface area contributed by atoms with Crippen LogP contribution in [0.25, 0.3) is 0 Å². The first-order valence-corrected chi connectivity index (χ1v) is 6.44. The summed E-state index contributed by atoms with van der Waals surface area (Å²) in [6.07, 6.45) is 7.79. The minimum absolute atomic E-state index is 0.883. The highest BCUT2D eigenvalue weighted by Crippen LogP contribution is 2.27. The molecular weight excluding hydrogens is 252 g/mol. The molecule has 2 rings (SSSR count). The summed E-state index contributed by atoms with van der Waals surface area (Å²) in [5.41, 5.74) is 1.25. The van der Waals surface area contributed by atoms with E-state index in [0.29, 0.717) is 0 Å². The molecule has 1 aliphatic rings. The fraction of sp³-hybridized carbons (Fsp3) is 0.583. The normalized spacial score (nSPS) is 20.9. The third kappa shape index (κ3) is 2.71. The Hall–Kier alpha value is -0.570. The summed E-state index contributed by atoms with van der Waals surface area (Å²) in [7, 11) is 0. The summed E-state index contributed by atoms with van der Waals surface area (Å²) in [6, 6.07) is 2.15. The van der Waals surface area contributed by atoms with Crippen molar-refractivity contribution < 1.29 is 0 Å². The highest BCUT2D eigenvalue weighted by atomic mass is 79.9. The van der Waals surface area contributed by atoms with Crippen molar-refractivity contribution in [1.82, 2.24) is 4.98 Å². The average molecular weight is 269 g/mol. The van der Waals surface area contributed by atoms with Crippen LogP contribution in [0.5, 0.6) is 0 Å². The predicted molar refractivity (Wildman–Crippen MR) is 67.2 cm³/mol. The van der Waals surface area contributed by atoms with Crippen LogP contribution in [-0.2, 0) is 0 Å². The van der Waals surface area contributed by atoms with Crippen molar-refractivity contribution in [3.05, 3.63) is 22.9 Å². The lowest BCUT2D eigenvalue weighted by Gasteiger charge is -2.18. The number of halogens is 1. The minimum Gasteiger partial charge on any atom is -0.370 e. The largest absolute Gasteiger partial charge is 0.370 e. The lowest BCUT2D eigenvalue weighted by molar-refractivity contribution is 0.530. The topological polar surface area (TPSA) is 16.1 Å². The summed E-state index contributed by atoms with van der Waals surface area (Å²) in [5.74, 6) is 0.883. The van der Waals surface area contributed by atoms with Gasteiger partial charge in [-0.3, -0.25) is 4.98 Å². The van der Waals surface area contributed by atoms with E-state index in [0.717, 1.165) is 10.4 Å². The van der Waals surface area contributed by atoms with Crippen LogP contribution in [0.4, 0.5) is 5.69 Å². The molecule has 1 aromatic rings. The predicted octanol–water partition coefficient (Wildman–Crippen LogP) is 3.47. The lowest BCUT2D eigenvalue weighted by Crippen LogP contribution is -2.19. The molecule has 1 atom stereocenters. The van der Waals surface area contributed by atoms with Gasteiger partial charge in [0.1, 0.15) is 0 Å². The first kappa shape index (κ1) is 10.9. The first-order chi connectivity index (χ1) is 7.29. The van der Waals surface area contributed by atoms with Crippen LogP contribution >= 0.6 is 15.9 Å². The summed E-state index contributed by atoms with van der Waals surface area (Å²) in [6.45, 7) is 4.65. The molecule has 1 unspecified atom stereocenters. The Morgan fingerprint density at radius 3 is 3.13 bits per heavy atom. The number of nitrogens with zero attached hydrogens (tertiary/aromatic N) is 2. The molecule has 2 heterocycles. The molecule has 3 heteroatoms. The smallest absolute Gasteiger partial charge is 0.0564 e. The molecule has 15 heavy (non-hydrogen) atoms. The third-order valence-electron chi connectivity index (χ3n) is 3.04. The molecule has 82 valence electrons. The molecule has 0 aliphatic carbocycles. The second-order valence-corrected chi connectivity index (χ2v) is 5.17. The molecule has 0 spiro atoms. The van der Waals surface area contributed by atoms with Crippen molar-refractivity contribution >= 4 is 21.6 Å². The molecule has 0 amide bonds. The maximum Gasteiger partial charge on any atom is 0.0564 e. The standard InChI is InChI=1S/C12H17BrN2/c1-2-3-10-4-5-15(9-10)12-6-11(13)7-14-8-12/h6-8,10H,2-5,9H2,1H3. The molecule has 0 saturated carbocycles. The van der Waals surface area contributed by atoms with E-state index < -0.39 is 0 Å². The Kier molecular flexibility index (Phi) is 3.62. The van der Waals surface area contributed by atoms with Gasteiger partial charge in [-0.2, -0.15) is 0 Å². The van der Waals surface area contributed by atoms with Gasteiger partial charge in [0.05, 0.1) is 11.9 Å². The van der Waals surface area contributed by atoms with Gasteiger partial charge >= 0.3 is 0 Å². The van der Waals surface area contributed by atoms with Crippen LogP contribution in [0, 0.1) is 5.92 Å². The Bertz CT molecular complexity index is 327. The molecule has 0 N–H and O–H groups in total. The Labute approximate surface area is 99.8 Å². The number of anilines is 1. The molecule has 1 fully saturated rings. The van der Waals surface area contributed by atoms with E-state index in [1.54, 1.807) is 0 Å². The van der Waals surface area contributed by atoms with Gasteiger partial charge in [-0.05, 0) is 40.8 Å². The van der Waals surface area contributed by atoms with Crippen LogP contribution < -0.4 is 4.90 Å². The molecule has 1 saturated heterocycles. The SMILES string of the molecule is CCCC1CCN(c2cncc(Br)c2)C1. The van der Waals surface area contributed by atoms with Gasteiger partial charge < -0.3 is 4.90 Å². The van der Waals surface area contributed by atoms with Crippen molar-refractivity contribution in [2.45, 2.75) is 26.2 Å². The minimum atomic E-state index is 0.883. The van der Waals surface area contributed by atoms with Crippen LogP contribution in [0.2, 0.25) is 0 Å². The monoisotopic (exact) mass is 268 g/mol. The lowest BCUT2D eigenvalue weighted by atomic mass is 10.0. The third-order valence-corrected chi connectivity index (χ3v) is 3.47. The van der Waals surface area contributed by atoms with Crippen LogP contribution in [0.1, 0.15) is 26.2 Å². The van der Waals surface area contributed by atoms with E-state index in [4.69, 9.17) is 0 Å². The Balaban J connectivity index is 2.01. The summed E-state index contributed by atoms with van der Waals surface area (Å²) >= 11 is 3.47. The maximum atomic E-state index is 4.21. The average Bonchev–Trinajstić information content (AvgIpc) is 2.67. The summed E-state index contributed by atoms with van der Waals surface area (Å²) in [4.78, 5) is 6.65. The zero-order chi connectivity index (χ0) is 10.7. The molecule has 0 radical (unpaired) electrons. The van der Waals surface area contributed by atoms with E-state index >= 15 is 0 Å². The number of pyridine rings is 1. The van der Waals surface area contributed by atoms with E-state index in [1.807, 2.05) is 12.4 Å². The quantitative estimate of drug-likeness (QED) is 0.835. The second kappa shape index (κ2) is 4.97. The number of hydrogen-bond acceptors (Lipinski definition) is 2. The van der Waals surface area contributed by atoms with Gasteiger partial charge in [0.15, 0.2) is 0 Å².